The molecular formula is C14H10Br2N2OS. The molecule has 0 aliphatic heterocycles. The Labute approximate surface area is 136 Å². The highest BCUT2D eigenvalue weighted by atomic mass is 79.9. The van der Waals surface area contributed by atoms with Gasteiger partial charge in [-0.15, -0.1) is 11.3 Å². The lowest BCUT2D eigenvalue weighted by molar-refractivity contribution is 0.0996. The third kappa shape index (κ3) is 2.47. The molecule has 0 aliphatic rings. The lowest BCUT2D eigenvalue weighted by Crippen LogP contribution is -2.02. The summed E-state index contributed by atoms with van der Waals surface area (Å²) in [5.41, 5.74) is 1.87. The summed E-state index contributed by atoms with van der Waals surface area (Å²) in [7, 11) is 1.90. The number of aromatic nitrogens is 2. The molecule has 0 amide bonds. The van der Waals surface area contributed by atoms with Gasteiger partial charge >= 0.3 is 0 Å². The molecule has 0 saturated carbocycles. The first-order valence-electron chi connectivity index (χ1n) is 5.95. The van der Waals surface area contributed by atoms with Gasteiger partial charge < -0.3 is 0 Å². The molecule has 0 bridgehead atoms. The molecule has 102 valence electrons. The SMILES string of the molecule is Cn1nc(CC(=O)c2cc(Br)c(Br)s2)c2ccccc21. The average molecular weight is 414 g/mol. The molecule has 0 atom stereocenters. The number of thiophene rings is 1. The fourth-order valence-electron chi connectivity index (χ4n) is 2.14. The number of nitrogens with zero attached hydrogens (tertiary/aromatic N) is 2. The normalized spacial score (nSPS) is 11.2. The molecule has 0 fully saturated rings. The van der Waals surface area contributed by atoms with E-state index in [0.29, 0.717) is 6.42 Å². The van der Waals surface area contributed by atoms with Crippen LogP contribution in [0.25, 0.3) is 10.9 Å². The van der Waals surface area contributed by atoms with Gasteiger partial charge in [0.1, 0.15) is 0 Å². The first-order chi connectivity index (χ1) is 9.56. The summed E-state index contributed by atoms with van der Waals surface area (Å²) in [5, 5.41) is 5.50. The number of benzene rings is 1. The van der Waals surface area contributed by atoms with Gasteiger partial charge in [-0.1, -0.05) is 18.2 Å². The van der Waals surface area contributed by atoms with E-state index in [1.165, 1.54) is 11.3 Å². The summed E-state index contributed by atoms with van der Waals surface area (Å²) in [6.07, 6.45) is 0.320. The lowest BCUT2D eigenvalue weighted by Gasteiger charge is -1.95. The predicted octanol–water partition coefficient (Wildman–Crippen LogP) is 4.59. The van der Waals surface area contributed by atoms with E-state index in [9.17, 15) is 4.79 Å². The van der Waals surface area contributed by atoms with E-state index in [-0.39, 0.29) is 5.78 Å². The van der Waals surface area contributed by atoms with Gasteiger partial charge in [0.2, 0.25) is 0 Å². The van der Waals surface area contributed by atoms with Crippen LogP contribution in [0.4, 0.5) is 0 Å². The minimum absolute atomic E-state index is 0.0882. The van der Waals surface area contributed by atoms with Gasteiger partial charge in [-0.3, -0.25) is 9.48 Å². The van der Waals surface area contributed by atoms with Crippen LogP contribution in [-0.2, 0) is 13.5 Å². The van der Waals surface area contributed by atoms with E-state index < -0.39 is 0 Å². The molecule has 0 N–H and O–H groups in total. The quantitative estimate of drug-likeness (QED) is 0.588. The number of ketones is 1. The van der Waals surface area contributed by atoms with Crippen molar-refractivity contribution in [1.82, 2.24) is 9.78 Å². The van der Waals surface area contributed by atoms with Crippen LogP contribution >= 0.6 is 43.2 Å². The fraction of sp³-hybridized carbons (Fsp3) is 0.143. The Morgan fingerprint density at radius 1 is 1.35 bits per heavy atom. The van der Waals surface area contributed by atoms with Crippen molar-refractivity contribution >= 4 is 59.9 Å². The van der Waals surface area contributed by atoms with E-state index in [4.69, 9.17) is 0 Å². The molecule has 6 heteroatoms. The molecule has 0 unspecified atom stereocenters. The zero-order valence-electron chi connectivity index (χ0n) is 10.6. The van der Waals surface area contributed by atoms with Gasteiger partial charge in [0, 0.05) is 16.9 Å². The summed E-state index contributed by atoms with van der Waals surface area (Å²) in [6, 6.07) is 9.81. The van der Waals surface area contributed by atoms with Crippen LogP contribution in [-0.4, -0.2) is 15.6 Å². The standard InChI is InChI=1S/C14H10Br2N2OS/c1-18-11-5-3-2-4-8(11)10(17-18)7-12(19)13-6-9(15)14(16)20-13/h2-6H,7H2,1H3. The molecule has 0 radical (unpaired) electrons. The second-order valence-corrected chi connectivity index (χ2v) is 7.64. The summed E-state index contributed by atoms with van der Waals surface area (Å²) in [4.78, 5) is 13.1. The Bertz CT molecular complexity index is 787. The molecule has 1 aromatic carbocycles. The maximum absolute atomic E-state index is 12.4. The van der Waals surface area contributed by atoms with E-state index in [1.807, 2.05) is 42.1 Å². The highest BCUT2D eigenvalue weighted by molar-refractivity contribution is 9.13. The third-order valence-corrected chi connectivity index (χ3v) is 6.38. The number of hydrogen-bond acceptors (Lipinski definition) is 3. The van der Waals surface area contributed by atoms with Crippen LogP contribution in [0.1, 0.15) is 15.4 Å². The second kappa shape index (κ2) is 5.42. The largest absolute Gasteiger partial charge is 0.293 e. The Hall–Kier alpha value is -0.980. The van der Waals surface area contributed by atoms with Gasteiger partial charge in [0.25, 0.3) is 0 Å². The molecule has 2 aromatic heterocycles. The van der Waals surface area contributed by atoms with Gasteiger partial charge in [0.15, 0.2) is 5.78 Å². The molecule has 20 heavy (non-hydrogen) atoms. The van der Waals surface area contributed by atoms with Crippen molar-refractivity contribution < 1.29 is 4.79 Å². The van der Waals surface area contributed by atoms with Crippen LogP contribution in [0.3, 0.4) is 0 Å². The zero-order valence-corrected chi connectivity index (χ0v) is 14.5. The van der Waals surface area contributed by atoms with E-state index in [2.05, 4.69) is 37.0 Å². The first-order valence-corrected chi connectivity index (χ1v) is 8.35. The number of hydrogen-bond donors (Lipinski definition) is 0. The highest BCUT2D eigenvalue weighted by Crippen LogP contribution is 2.33. The van der Waals surface area contributed by atoms with Crippen molar-refractivity contribution in [2.75, 3.05) is 0 Å². The number of para-hydroxylation sites is 1. The summed E-state index contributed by atoms with van der Waals surface area (Å²) in [5.74, 6) is 0.0882. The van der Waals surface area contributed by atoms with Crippen molar-refractivity contribution in [3.63, 3.8) is 0 Å². The Kier molecular flexibility index (Phi) is 3.79. The maximum atomic E-state index is 12.4. The van der Waals surface area contributed by atoms with E-state index in [0.717, 1.165) is 29.7 Å². The molecule has 2 heterocycles. The number of carbonyl (C=O) groups excluding carboxylic acids is 1. The number of Topliss-reactive ketones (excluding diaryl/α,β-unsaturated/α-hetero) is 1. The van der Waals surface area contributed by atoms with Crippen molar-refractivity contribution in [1.29, 1.82) is 0 Å². The number of halogens is 2. The number of rotatable bonds is 3. The van der Waals surface area contributed by atoms with E-state index >= 15 is 0 Å². The summed E-state index contributed by atoms with van der Waals surface area (Å²) in [6.45, 7) is 0. The second-order valence-electron chi connectivity index (χ2n) is 4.42. The van der Waals surface area contributed by atoms with Crippen LogP contribution in [0, 0.1) is 0 Å². The molecular weight excluding hydrogens is 404 g/mol. The predicted molar refractivity (Wildman–Crippen MR) is 88.5 cm³/mol. The molecule has 3 rings (SSSR count). The van der Waals surface area contributed by atoms with Crippen molar-refractivity contribution in [2.24, 2.45) is 7.05 Å². The van der Waals surface area contributed by atoms with Gasteiger partial charge in [-0.2, -0.15) is 5.10 Å². The Morgan fingerprint density at radius 3 is 2.80 bits per heavy atom. The van der Waals surface area contributed by atoms with E-state index in [1.54, 1.807) is 0 Å². The van der Waals surface area contributed by atoms with Crippen molar-refractivity contribution in [3.8, 4) is 0 Å². The average Bonchev–Trinajstić information content (AvgIpc) is 2.92. The summed E-state index contributed by atoms with van der Waals surface area (Å²) < 4.78 is 3.67. The third-order valence-electron chi connectivity index (χ3n) is 3.08. The van der Waals surface area contributed by atoms with Crippen LogP contribution in [0.5, 0.6) is 0 Å². The molecule has 0 aliphatic carbocycles. The van der Waals surface area contributed by atoms with Gasteiger partial charge in [-0.05, 0) is 44.0 Å². The van der Waals surface area contributed by atoms with Crippen LogP contribution < -0.4 is 0 Å². The van der Waals surface area contributed by atoms with Gasteiger partial charge in [0.05, 0.1) is 26.3 Å². The highest BCUT2D eigenvalue weighted by Gasteiger charge is 2.16. The molecule has 0 saturated heterocycles. The van der Waals surface area contributed by atoms with Gasteiger partial charge in [-0.25, -0.2) is 0 Å². The topological polar surface area (TPSA) is 34.9 Å². The number of aryl methyl sites for hydroxylation is 1. The maximum Gasteiger partial charge on any atom is 0.178 e. The lowest BCUT2D eigenvalue weighted by atomic mass is 10.1. The van der Waals surface area contributed by atoms with Crippen LogP contribution in [0.15, 0.2) is 38.6 Å². The zero-order chi connectivity index (χ0) is 14.3. The fourth-order valence-corrected chi connectivity index (χ4v) is 4.12. The smallest absolute Gasteiger partial charge is 0.178 e. The van der Waals surface area contributed by atoms with Crippen molar-refractivity contribution in [3.05, 3.63) is 49.2 Å². The minimum atomic E-state index is 0.0882. The number of fused-ring (bicyclic) bond motifs is 1. The molecule has 3 aromatic rings. The Morgan fingerprint density at radius 2 is 2.10 bits per heavy atom. The summed E-state index contributed by atoms with van der Waals surface area (Å²) >= 11 is 8.26. The first kappa shape index (κ1) is 14.0. The molecule has 3 nitrogen and oxygen atoms in total. The van der Waals surface area contributed by atoms with Crippen molar-refractivity contribution in [2.45, 2.75) is 6.42 Å². The number of carbonyl (C=O) groups is 1. The Balaban J connectivity index is 1.95. The van der Waals surface area contributed by atoms with Crippen LogP contribution in [0.2, 0.25) is 0 Å². The minimum Gasteiger partial charge on any atom is -0.293 e. The monoisotopic (exact) mass is 412 g/mol. The molecule has 0 spiro atoms.